The van der Waals surface area contributed by atoms with E-state index < -0.39 is 0 Å². The van der Waals surface area contributed by atoms with Gasteiger partial charge in [-0.1, -0.05) is 13.8 Å². The molecule has 2 rings (SSSR count). The molecular formula is C14H25N5. The first-order valence-electron chi connectivity index (χ1n) is 7.06. The van der Waals surface area contributed by atoms with Crippen molar-refractivity contribution in [2.45, 2.75) is 26.8 Å². The molecule has 19 heavy (non-hydrogen) atoms. The average molecular weight is 263 g/mol. The Morgan fingerprint density at radius 3 is 2.74 bits per heavy atom. The van der Waals surface area contributed by atoms with E-state index in [0.717, 1.165) is 31.3 Å². The molecule has 0 saturated carbocycles. The molecule has 1 aromatic heterocycles. The SMILES string of the molecule is CCN(C)c1cc(N2C[C@@H](N)[C@H](C(C)C)C2)ncn1. The fraction of sp³-hybridized carbons (Fsp3) is 0.714. The first-order valence-corrected chi connectivity index (χ1v) is 7.06. The minimum Gasteiger partial charge on any atom is -0.360 e. The lowest BCUT2D eigenvalue weighted by Gasteiger charge is -2.21. The minimum atomic E-state index is 0.238. The van der Waals surface area contributed by atoms with E-state index >= 15 is 0 Å². The van der Waals surface area contributed by atoms with E-state index in [1.807, 2.05) is 7.05 Å². The largest absolute Gasteiger partial charge is 0.360 e. The third-order valence-corrected chi connectivity index (χ3v) is 4.10. The van der Waals surface area contributed by atoms with Gasteiger partial charge in [-0.3, -0.25) is 0 Å². The van der Waals surface area contributed by atoms with Crippen molar-refractivity contribution in [3.05, 3.63) is 12.4 Å². The maximum atomic E-state index is 6.24. The van der Waals surface area contributed by atoms with Gasteiger partial charge < -0.3 is 15.5 Å². The summed E-state index contributed by atoms with van der Waals surface area (Å²) < 4.78 is 0. The summed E-state index contributed by atoms with van der Waals surface area (Å²) in [5, 5.41) is 0. The second-order valence-corrected chi connectivity index (χ2v) is 5.73. The summed E-state index contributed by atoms with van der Waals surface area (Å²) >= 11 is 0. The van der Waals surface area contributed by atoms with E-state index in [1.54, 1.807) is 6.33 Å². The Kier molecular flexibility index (Phi) is 4.24. The van der Waals surface area contributed by atoms with Gasteiger partial charge in [-0.05, 0) is 18.8 Å². The van der Waals surface area contributed by atoms with Gasteiger partial charge in [-0.25, -0.2) is 9.97 Å². The molecule has 1 aliphatic rings. The predicted molar refractivity (Wildman–Crippen MR) is 79.5 cm³/mol. The van der Waals surface area contributed by atoms with Crippen LogP contribution >= 0.6 is 0 Å². The van der Waals surface area contributed by atoms with E-state index in [1.165, 1.54) is 0 Å². The Hall–Kier alpha value is -1.36. The van der Waals surface area contributed by atoms with E-state index in [9.17, 15) is 0 Å². The minimum absolute atomic E-state index is 0.238. The quantitative estimate of drug-likeness (QED) is 0.888. The van der Waals surface area contributed by atoms with Gasteiger partial charge in [0.2, 0.25) is 0 Å². The van der Waals surface area contributed by atoms with Crippen LogP contribution in [-0.4, -0.2) is 42.7 Å². The molecule has 0 aromatic carbocycles. The maximum absolute atomic E-state index is 6.24. The van der Waals surface area contributed by atoms with E-state index in [4.69, 9.17) is 5.73 Å². The van der Waals surface area contributed by atoms with Gasteiger partial charge in [-0.2, -0.15) is 0 Å². The molecule has 0 bridgehead atoms. The van der Waals surface area contributed by atoms with Crippen LogP contribution in [0.25, 0.3) is 0 Å². The second-order valence-electron chi connectivity index (χ2n) is 5.73. The van der Waals surface area contributed by atoms with Gasteiger partial charge >= 0.3 is 0 Å². The lowest BCUT2D eigenvalue weighted by Crippen LogP contribution is -2.32. The molecule has 0 aliphatic carbocycles. The normalized spacial score (nSPS) is 23.2. The first-order chi connectivity index (χ1) is 9.02. The Morgan fingerprint density at radius 1 is 1.42 bits per heavy atom. The molecule has 2 atom stereocenters. The van der Waals surface area contributed by atoms with Crippen molar-refractivity contribution in [2.24, 2.45) is 17.6 Å². The maximum Gasteiger partial charge on any atom is 0.134 e. The van der Waals surface area contributed by atoms with Crippen LogP contribution in [0.2, 0.25) is 0 Å². The average Bonchev–Trinajstić information content (AvgIpc) is 2.80. The molecule has 0 unspecified atom stereocenters. The second kappa shape index (κ2) is 5.74. The third kappa shape index (κ3) is 2.97. The summed E-state index contributed by atoms with van der Waals surface area (Å²) in [6, 6.07) is 2.29. The van der Waals surface area contributed by atoms with E-state index in [-0.39, 0.29) is 6.04 Å². The van der Waals surface area contributed by atoms with Crippen molar-refractivity contribution in [1.29, 1.82) is 0 Å². The van der Waals surface area contributed by atoms with Crippen LogP contribution < -0.4 is 15.5 Å². The van der Waals surface area contributed by atoms with Gasteiger partial charge in [0, 0.05) is 38.8 Å². The molecule has 1 fully saturated rings. The van der Waals surface area contributed by atoms with Gasteiger partial charge in [-0.15, -0.1) is 0 Å². The number of hydrogen-bond donors (Lipinski definition) is 1. The summed E-state index contributed by atoms with van der Waals surface area (Å²) in [5.74, 6) is 3.11. The van der Waals surface area contributed by atoms with Crippen molar-refractivity contribution in [3.8, 4) is 0 Å². The molecule has 1 saturated heterocycles. The molecule has 0 amide bonds. The summed E-state index contributed by atoms with van der Waals surface area (Å²) in [4.78, 5) is 13.1. The molecule has 0 spiro atoms. The number of anilines is 2. The Labute approximate surface area is 115 Å². The fourth-order valence-electron chi connectivity index (χ4n) is 2.63. The molecule has 1 aliphatic heterocycles. The number of nitrogens with zero attached hydrogens (tertiary/aromatic N) is 4. The van der Waals surface area contributed by atoms with Crippen LogP contribution in [0.1, 0.15) is 20.8 Å². The molecule has 5 nitrogen and oxygen atoms in total. The van der Waals surface area contributed by atoms with Crippen molar-refractivity contribution in [3.63, 3.8) is 0 Å². The van der Waals surface area contributed by atoms with Gasteiger partial charge in [0.05, 0.1) is 0 Å². The summed E-state index contributed by atoms with van der Waals surface area (Å²) in [6.07, 6.45) is 1.64. The van der Waals surface area contributed by atoms with Crippen LogP contribution in [-0.2, 0) is 0 Å². The lowest BCUT2D eigenvalue weighted by atomic mass is 9.92. The monoisotopic (exact) mass is 263 g/mol. The molecule has 0 radical (unpaired) electrons. The Morgan fingerprint density at radius 2 is 2.16 bits per heavy atom. The third-order valence-electron chi connectivity index (χ3n) is 4.10. The highest BCUT2D eigenvalue weighted by Gasteiger charge is 2.32. The number of hydrogen-bond acceptors (Lipinski definition) is 5. The molecule has 5 heteroatoms. The molecular weight excluding hydrogens is 238 g/mol. The van der Waals surface area contributed by atoms with Crippen LogP contribution in [0.4, 0.5) is 11.6 Å². The highest BCUT2D eigenvalue weighted by molar-refractivity contribution is 5.50. The summed E-state index contributed by atoms with van der Waals surface area (Å²) in [7, 11) is 2.04. The molecule has 2 N–H and O–H groups in total. The van der Waals surface area contributed by atoms with E-state index in [2.05, 4.69) is 46.6 Å². The highest BCUT2D eigenvalue weighted by atomic mass is 15.2. The van der Waals surface area contributed by atoms with Gasteiger partial charge in [0.25, 0.3) is 0 Å². The van der Waals surface area contributed by atoms with Crippen molar-refractivity contribution >= 4 is 11.6 Å². The van der Waals surface area contributed by atoms with Gasteiger partial charge in [0.1, 0.15) is 18.0 Å². The van der Waals surface area contributed by atoms with Crippen molar-refractivity contribution in [2.75, 3.05) is 36.5 Å². The van der Waals surface area contributed by atoms with Crippen molar-refractivity contribution < 1.29 is 0 Å². The van der Waals surface area contributed by atoms with Crippen molar-refractivity contribution in [1.82, 2.24) is 9.97 Å². The smallest absolute Gasteiger partial charge is 0.134 e. The van der Waals surface area contributed by atoms with Crippen LogP contribution in [0.3, 0.4) is 0 Å². The van der Waals surface area contributed by atoms with Gasteiger partial charge in [0.15, 0.2) is 0 Å². The molecule has 1 aromatic rings. The van der Waals surface area contributed by atoms with Crippen LogP contribution in [0.5, 0.6) is 0 Å². The zero-order chi connectivity index (χ0) is 14.0. The zero-order valence-electron chi connectivity index (χ0n) is 12.4. The Bertz CT molecular complexity index is 420. The number of rotatable bonds is 4. The van der Waals surface area contributed by atoms with E-state index in [0.29, 0.717) is 11.8 Å². The zero-order valence-corrected chi connectivity index (χ0v) is 12.4. The van der Waals surface area contributed by atoms with Crippen LogP contribution in [0.15, 0.2) is 12.4 Å². The highest BCUT2D eigenvalue weighted by Crippen LogP contribution is 2.27. The molecule has 2 heterocycles. The number of nitrogens with two attached hydrogens (primary N) is 1. The Balaban J connectivity index is 2.15. The molecule has 106 valence electrons. The summed E-state index contributed by atoms with van der Waals surface area (Å²) in [6.45, 7) is 9.40. The lowest BCUT2D eigenvalue weighted by molar-refractivity contribution is 0.382. The predicted octanol–water partition coefficient (Wildman–Crippen LogP) is 1.35. The topological polar surface area (TPSA) is 58.3 Å². The summed E-state index contributed by atoms with van der Waals surface area (Å²) in [5.41, 5.74) is 6.24. The standard InChI is InChI=1S/C14H25N5/c1-5-18(4)13-6-14(17-9-16-13)19-7-11(10(2)3)12(15)8-19/h6,9-12H,5,7-8,15H2,1-4H3/t11-,12+/m0/s1. The fourth-order valence-corrected chi connectivity index (χ4v) is 2.63. The number of aromatic nitrogens is 2. The first kappa shape index (κ1) is 14.1. The van der Waals surface area contributed by atoms with Crippen LogP contribution in [0, 0.1) is 11.8 Å².